The average Bonchev–Trinajstić information content (AvgIpc) is 3.20. The van der Waals surface area contributed by atoms with Gasteiger partial charge in [0.15, 0.2) is 5.76 Å². The highest BCUT2D eigenvalue weighted by Gasteiger charge is 2.19. The Kier molecular flexibility index (Phi) is 5.27. The summed E-state index contributed by atoms with van der Waals surface area (Å²) >= 11 is 0. The SMILES string of the molecule is CN(CCCn1cccn1)Cc1cc(C2CCCCC2)no1. The van der Waals surface area contributed by atoms with Gasteiger partial charge in [-0.25, -0.2) is 0 Å². The van der Waals surface area contributed by atoms with Gasteiger partial charge in [-0.15, -0.1) is 0 Å². The quantitative estimate of drug-likeness (QED) is 0.786. The highest BCUT2D eigenvalue weighted by atomic mass is 16.5. The number of rotatable bonds is 7. The van der Waals surface area contributed by atoms with Crippen molar-refractivity contribution in [2.24, 2.45) is 0 Å². The summed E-state index contributed by atoms with van der Waals surface area (Å²) in [7, 11) is 2.13. The number of hydrogen-bond acceptors (Lipinski definition) is 4. The monoisotopic (exact) mass is 302 g/mol. The summed E-state index contributed by atoms with van der Waals surface area (Å²) in [6, 6.07) is 4.13. The zero-order valence-electron chi connectivity index (χ0n) is 13.4. The molecule has 22 heavy (non-hydrogen) atoms. The van der Waals surface area contributed by atoms with Crippen LogP contribution in [0.2, 0.25) is 0 Å². The van der Waals surface area contributed by atoms with Crippen LogP contribution in [0.5, 0.6) is 0 Å². The van der Waals surface area contributed by atoms with Crippen molar-refractivity contribution in [3.05, 3.63) is 36.0 Å². The average molecular weight is 302 g/mol. The van der Waals surface area contributed by atoms with Gasteiger partial charge in [0, 0.05) is 37.5 Å². The van der Waals surface area contributed by atoms with Gasteiger partial charge in [-0.3, -0.25) is 9.58 Å². The molecule has 0 aliphatic heterocycles. The highest BCUT2D eigenvalue weighted by Crippen LogP contribution is 2.32. The Morgan fingerprint density at radius 2 is 2.18 bits per heavy atom. The van der Waals surface area contributed by atoms with E-state index in [0.29, 0.717) is 5.92 Å². The van der Waals surface area contributed by atoms with Gasteiger partial charge in [0.25, 0.3) is 0 Å². The lowest BCUT2D eigenvalue weighted by Gasteiger charge is -2.18. The first-order valence-corrected chi connectivity index (χ1v) is 8.43. The molecule has 1 fully saturated rings. The Morgan fingerprint density at radius 1 is 1.32 bits per heavy atom. The second kappa shape index (κ2) is 7.58. The minimum Gasteiger partial charge on any atom is -0.360 e. The molecule has 5 heteroatoms. The molecule has 0 saturated heterocycles. The van der Waals surface area contributed by atoms with E-state index >= 15 is 0 Å². The fraction of sp³-hybridized carbons (Fsp3) is 0.647. The second-order valence-corrected chi connectivity index (χ2v) is 6.41. The van der Waals surface area contributed by atoms with Crippen LogP contribution < -0.4 is 0 Å². The molecule has 1 aliphatic rings. The molecule has 0 atom stereocenters. The van der Waals surface area contributed by atoms with Gasteiger partial charge in [0.2, 0.25) is 0 Å². The maximum atomic E-state index is 5.53. The second-order valence-electron chi connectivity index (χ2n) is 6.41. The Bertz CT molecular complexity index is 543. The highest BCUT2D eigenvalue weighted by molar-refractivity contribution is 5.11. The maximum absolute atomic E-state index is 5.53. The molecule has 0 aromatic carbocycles. The van der Waals surface area contributed by atoms with E-state index in [4.69, 9.17) is 4.52 Å². The van der Waals surface area contributed by atoms with Crippen LogP contribution in [0.15, 0.2) is 29.0 Å². The predicted octanol–water partition coefficient (Wildman–Crippen LogP) is 3.44. The Hall–Kier alpha value is -1.62. The van der Waals surface area contributed by atoms with Crippen molar-refractivity contribution in [1.82, 2.24) is 19.8 Å². The molecule has 0 unspecified atom stereocenters. The third kappa shape index (κ3) is 4.19. The first kappa shape index (κ1) is 15.3. The minimum atomic E-state index is 0.622. The largest absolute Gasteiger partial charge is 0.360 e. The Morgan fingerprint density at radius 3 is 2.95 bits per heavy atom. The van der Waals surface area contributed by atoms with E-state index in [0.717, 1.165) is 31.8 Å². The summed E-state index contributed by atoms with van der Waals surface area (Å²) in [5, 5.41) is 8.52. The van der Waals surface area contributed by atoms with E-state index in [1.807, 2.05) is 23.1 Å². The summed E-state index contributed by atoms with van der Waals surface area (Å²) in [6.45, 7) is 2.82. The molecule has 2 aromatic rings. The molecule has 2 aromatic heterocycles. The first-order chi connectivity index (χ1) is 10.8. The van der Waals surface area contributed by atoms with Gasteiger partial charge in [0.1, 0.15) is 0 Å². The van der Waals surface area contributed by atoms with Crippen molar-refractivity contribution >= 4 is 0 Å². The van der Waals surface area contributed by atoms with Gasteiger partial charge >= 0.3 is 0 Å². The van der Waals surface area contributed by atoms with Crippen LogP contribution in [0.1, 0.15) is 55.9 Å². The Balaban J connectivity index is 1.43. The van der Waals surface area contributed by atoms with Crippen LogP contribution in [-0.2, 0) is 13.1 Å². The molecule has 1 aliphatic carbocycles. The van der Waals surface area contributed by atoms with Crippen LogP contribution in [-0.4, -0.2) is 33.4 Å². The zero-order valence-corrected chi connectivity index (χ0v) is 13.4. The van der Waals surface area contributed by atoms with E-state index in [-0.39, 0.29) is 0 Å². The van der Waals surface area contributed by atoms with E-state index in [1.54, 1.807) is 0 Å². The van der Waals surface area contributed by atoms with E-state index < -0.39 is 0 Å². The molecule has 0 amide bonds. The van der Waals surface area contributed by atoms with Crippen LogP contribution >= 0.6 is 0 Å². The maximum Gasteiger partial charge on any atom is 0.150 e. The molecule has 3 rings (SSSR count). The number of aromatic nitrogens is 3. The lowest BCUT2D eigenvalue weighted by atomic mass is 9.87. The van der Waals surface area contributed by atoms with Crippen molar-refractivity contribution in [3.63, 3.8) is 0 Å². The van der Waals surface area contributed by atoms with Crippen molar-refractivity contribution in [1.29, 1.82) is 0 Å². The number of hydrogen-bond donors (Lipinski definition) is 0. The van der Waals surface area contributed by atoms with E-state index in [2.05, 4.69) is 28.3 Å². The van der Waals surface area contributed by atoms with Gasteiger partial charge in [0.05, 0.1) is 12.2 Å². The molecular weight excluding hydrogens is 276 g/mol. The van der Waals surface area contributed by atoms with E-state index in [1.165, 1.54) is 37.8 Å². The molecule has 0 N–H and O–H groups in total. The predicted molar refractivity (Wildman–Crippen MR) is 85.5 cm³/mol. The molecule has 120 valence electrons. The van der Waals surface area contributed by atoms with Crippen molar-refractivity contribution in [3.8, 4) is 0 Å². The summed E-state index contributed by atoms with van der Waals surface area (Å²) < 4.78 is 7.51. The van der Waals surface area contributed by atoms with Crippen LogP contribution in [0.3, 0.4) is 0 Å². The lowest BCUT2D eigenvalue weighted by Crippen LogP contribution is -2.20. The summed E-state index contributed by atoms with van der Waals surface area (Å²) in [4.78, 5) is 2.29. The normalized spacial score (nSPS) is 16.5. The number of aryl methyl sites for hydroxylation is 1. The summed E-state index contributed by atoms with van der Waals surface area (Å²) in [6.07, 6.45) is 11.5. The van der Waals surface area contributed by atoms with Crippen LogP contribution in [0.25, 0.3) is 0 Å². The van der Waals surface area contributed by atoms with Gasteiger partial charge in [-0.1, -0.05) is 24.4 Å². The minimum absolute atomic E-state index is 0.622. The van der Waals surface area contributed by atoms with Gasteiger partial charge in [-0.05, 0) is 32.4 Å². The van der Waals surface area contributed by atoms with Crippen LogP contribution in [0.4, 0.5) is 0 Å². The Labute approximate surface area is 132 Å². The molecule has 0 bridgehead atoms. The number of nitrogens with zero attached hydrogens (tertiary/aromatic N) is 4. The van der Waals surface area contributed by atoms with Crippen molar-refractivity contribution < 1.29 is 4.52 Å². The molecular formula is C17H26N4O. The third-order valence-corrected chi connectivity index (χ3v) is 4.51. The zero-order chi connectivity index (χ0) is 15.2. The standard InChI is InChI=1S/C17H26N4O/c1-20(10-6-12-21-11-5-9-18-21)14-16-13-17(19-22-16)15-7-3-2-4-8-15/h5,9,11,13,15H,2-4,6-8,10,12,14H2,1H3. The first-order valence-electron chi connectivity index (χ1n) is 8.43. The fourth-order valence-electron chi connectivity index (χ4n) is 3.27. The smallest absolute Gasteiger partial charge is 0.150 e. The van der Waals surface area contributed by atoms with Crippen molar-refractivity contribution in [2.45, 2.75) is 57.5 Å². The van der Waals surface area contributed by atoms with Gasteiger partial charge in [-0.2, -0.15) is 5.10 Å². The molecule has 0 radical (unpaired) electrons. The molecule has 1 saturated carbocycles. The topological polar surface area (TPSA) is 47.1 Å². The van der Waals surface area contributed by atoms with Crippen molar-refractivity contribution in [2.75, 3.05) is 13.6 Å². The van der Waals surface area contributed by atoms with Gasteiger partial charge < -0.3 is 4.52 Å². The lowest BCUT2D eigenvalue weighted by molar-refractivity contribution is 0.263. The molecule has 5 nitrogen and oxygen atoms in total. The van der Waals surface area contributed by atoms with Crippen LogP contribution in [0, 0.1) is 0 Å². The molecule has 2 heterocycles. The third-order valence-electron chi connectivity index (χ3n) is 4.51. The summed E-state index contributed by atoms with van der Waals surface area (Å²) in [5.74, 6) is 1.61. The summed E-state index contributed by atoms with van der Waals surface area (Å²) in [5.41, 5.74) is 1.17. The van der Waals surface area contributed by atoms with E-state index in [9.17, 15) is 0 Å². The molecule has 0 spiro atoms. The fourth-order valence-corrected chi connectivity index (χ4v) is 3.27.